The van der Waals surface area contributed by atoms with E-state index in [1.54, 1.807) is 36.2 Å². The summed E-state index contributed by atoms with van der Waals surface area (Å²) in [5.74, 6) is 1.16. The monoisotopic (exact) mass is 422 g/mol. The predicted octanol–water partition coefficient (Wildman–Crippen LogP) is 1.12. The zero-order chi connectivity index (χ0) is 20.9. The molecule has 0 bridgehead atoms. The highest BCUT2D eigenvalue weighted by atomic mass is 32.2. The van der Waals surface area contributed by atoms with Gasteiger partial charge in [0.1, 0.15) is 16.4 Å². The molecule has 1 aromatic heterocycles. The van der Waals surface area contributed by atoms with E-state index in [-0.39, 0.29) is 24.0 Å². The van der Waals surface area contributed by atoms with E-state index in [1.165, 1.54) is 21.4 Å². The molecule has 2 aromatic rings. The van der Waals surface area contributed by atoms with Crippen LogP contribution < -0.4 is 9.47 Å². The predicted molar refractivity (Wildman–Crippen MR) is 106 cm³/mol. The van der Waals surface area contributed by atoms with Gasteiger partial charge in [0.2, 0.25) is 10.0 Å². The van der Waals surface area contributed by atoms with Gasteiger partial charge in [-0.3, -0.25) is 9.48 Å². The molecule has 10 heteroatoms. The van der Waals surface area contributed by atoms with Crippen LogP contribution in [0.15, 0.2) is 41.6 Å². The third-order valence-corrected chi connectivity index (χ3v) is 6.48. The fourth-order valence-electron chi connectivity index (χ4n) is 3.10. The molecule has 2 heterocycles. The van der Waals surface area contributed by atoms with E-state index in [0.717, 1.165) is 5.75 Å². The zero-order valence-electron chi connectivity index (χ0n) is 16.7. The Morgan fingerprint density at radius 3 is 2.38 bits per heavy atom. The molecule has 3 rings (SSSR count). The van der Waals surface area contributed by atoms with E-state index in [2.05, 4.69) is 5.10 Å². The van der Waals surface area contributed by atoms with Gasteiger partial charge in [0, 0.05) is 39.4 Å². The van der Waals surface area contributed by atoms with Crippen LogP contribution in [0.2, 0.25) is 0 Å². The van der Waals surface area contributed by atoms with Crippen LogP contribution in [-0.2, 0) is 21.9 Å². The lowest BCUT2D eigenvalue weighted by Gasteiger charge is -2.21. The molecule has 0 radical (unpaired) electrons. The maximum atomic E-state index is 12.7. The fourth-order valence-corrected chi connectivity index (χ4v) is 4.56. The molecule has 0 saturated carbocycles. The van der Waals surface area contributed by atoms with Crippen molar-refractivity contribution < 1.29 is 22.7 Å². The minimum absolute atomic E-state index is 0.0939. The van der Waals surface area contributed by atoms with Crippen LogP contribution in [0, 0.1) is 0 Å². The van der Waals surface area contributed by atoms with Crippen molar-refractivity contribution in [1.29, 1.82) is 0 Å². The third kappa shape index (κ3) is 5.27. The summed E-state index contributed by atoms with van der Waals surface area (Å²) in [5, 5.41) is 3.94. The maximum Gasteiger partial charge on any atom is 0.260 e. The van der Waals surface area contributed by atoms with Crippen molar-refractivity contribution in [1.82, 2.24) is 19.0 Å². The molecule has 0 atom stereocenters. The molecule has 0 unspecified atom stereocenters. The second-order valence-corrected chi connectivity index (χ2v) is 8.62. The lowest BCUT2D eigenvalue weighted by Crippen LogP contribution is -2.39. The molecule has 0 N–H and O–H groups in total. The lowest BCUT2D eigenvalue weighted by molar-refractivity contribution is -0.133. The van der Waals surface area contributed by atoms with Crippen LogP contribution in [0.4, 0.5) is 0 Å². The van der Waals surface area contributed by atoms with Crippen molar-refractivity contribution in [2.75, 3.05) is 39.4 Å². The number of carbonyl (C=O) groups excluding carboxylic acids is 1. The van der Waals surface area contributed by atoms with Crippen molar-refractivity contribution >= 4 is 15.9 Å². The van der Waals surface area contributed by atoms with E-state index in [4.69, 9.17) is 9.47 Å². The summed E-state index contributed by atoms with van der Waals surface area (Å²) in [7, 11) is -1.94. The summed E-state index contributed by atoms with van der Waals surface area (Å²) < 4.78 is 39.3. The Labute approximate surface area is 170 Å². The zero-order valence-corrected chi connectivity index (χ0v) is 17.5. The first kappa shape index (κ1) is 21.1. The van der Waals surface area contributed by atoms with Gasteiger partial charge in [0.15, 0.2) is 6.61 Å². The largest absolute Gasteiger partial charge is 0.494 e. The molecule has 158 valence electrons. The number of aryl methyl sites for hydroxylation is 1. The molecular formula is C19H26N4O5S. The fraction of sp³-hybridized carbons (Fsp3) is 0.474. The van der Waals surface area contributed by atoms with E-state index in [0.29, 0.717) is 38.4 Å². The van der Waals surface area contributed by atoms with Gasteiger partial charge in [-0.1, -0.05) is 0 Å². The molecule has 1 aliphatic heterocycles. The number of benzene rings is 1. The smallest absolute Gasteiger partial charge is 0.260 e. The Morgan fingerprint density at radius 2 is 1.76 bits per heavy atom. The molecular weight excluding hydrogens is 396 g/mol. The Hall–Kier alpha value is -2.59. The topological polar surface area (TPSA) is 94.0 Å². The molecule has 29 heavy (non-hydrogen) atoms. The molecule has 1 aliphatic rings. The number of sulfonamides is 1. The number of hydrogen-bond donors (Lipinski definition) is 0. The molecule has 1 saturated heterocycles. The Kier molecular flexibility index (Phi) is 6.75. The lowest BCUT2D eigenvalue weighted by atomic mass is 10.3. The Balaban J connectivity index is 1.54. The summed E-state index contributed by atoms with van der Waals surface area (Å²) in [4.78, 5) is 14.3. The van der Waals surface area contributed by atoms with E-state index in [9.17, 15) is 13.2 Å². The first-order valence-corrected chi connectivity index (χ1v) is 11.0. The SMILES string of the molecule is CCOc1ccc(OCC(=O)N2CCCN(S(=O)(=O)c3cnn(C)c3)CC2)cc1. The van der Waals surface area contributed by atoms with E-state index < -0.39 is 10.0 Å². The van der Waals surface area contributed by atoms with Crippen LogP contribution in [0.1, 0.15) is 13.3 Å². The second kappa shape index (κ2) is 9.27. The summed E-state index contributed by atoms with van der Waals surface area (Å²) in [6.45, 7) is 3.82. The molecule has 1 aromatic carbocycles. The maximum absolute atomic E-state index is 12.7. The van der Waals surface area contributed by atoms with Gasteiger partial charge in [0.25, 0.3) is 5.91 Å². The standard InChI is InChI=1S/C19H26N4O5S/c1-3-27-16-5-7-17(8-6-16)28-15-19(24)22-9-4-10-23(12-11-22)29(25,26)18-13-20-21(2)14-18/h5-8,13-14H,3-4,9-12,15H2,1-2H3. The van der Waals surface area contributed by atoms with Crippen LogP contribution >= 0.6 is 0 Å². The molecule has 1 fully saturated rings. The first-order valence-electron chi connectivity index (χ1n) is 9.52. The van der Waals surface area contributed by atoms with Crippen molar-refractivity contribution in [3.05, 3.63) is 36.7 Å². The van der Waals surface area contributed by atoms with Gasteiger partial charge in [-0.05, 0) is 37.6 Å². The number of ether oxygens (including phenoxy) is 2. The van der Waals surface area contributed by atoms with Crippen LogP contribution in [-0.4, -0.2) is 72.7 Å². The number of rotatable bonds is 7. The number of nitrogens with zero attached hydrogens (tertiary/aromatic N) is 4. The average molecular weight is 423 g/mol. The van der Waals surface area contributed by atoms with Crippen molar-refractivity contribution in [3.63, 3.8) is 0 Å². The summed E-state index contributed by atoms with van der Waals surface area (Å²) >= 11 is 0. The highest BCUT2D eigenvalue weighted by Gasteiger charge is 2.29. The van der Waals surface area contributed by atoms with Gasteiger partial charge in [0.05, 0.1) is 12.8 Å². The van der Waals surface area contributed by atoms with Gasteiger partial charge < -0.3 is 14.4 Å². The Bertz CT molecular complexity index is 926. The number of hydrogen-bond acceptors (Lipinski definition) is 6. The van der Waals surface area contributed by atoms with E-state index >= 15 is 0 Å². The van der Waals surface area contributed by atoms with Gasteiger partial charge >= 0.3 is 0 Å². The van der Waals surface area contributed by atoms with Gasteiger partial charge in [-0.2, -0.15) is 9.40 Å². The van der Waals surface area contributed by atoms with Crippen LogP contribution in [0.3, 0.4) is 0 Å². The summed E-state index contributed by atoms with van der Waals surface area (Å²) in [5.41, 5.74) is 0. The number of aromatic nitrogens is 2. The summed E-state index contributed by atoms with van der Waals surface area (Å²) in [6, 6.07) is 7.08. The van der Waals surface area contributed by atoms with Crippen molar-refractivity contribution in [3.8, 4) is 11.5 Å². The molecule has 9 nitrogen and oxygen atoms in total. The number of carbonyl (C=O) groups is 1. The third-order valence-electron chi connectivity index (χ3n) is 4.62. The quantitative estimate of drug-likeness (QED) is 0.664. The minimum Gasteiger partial charge on any atom is -0.494 e. The van der Waals surface area contributed by atoms with Crippen LogP contribution in [0.5, 0.6) is 11.5 Å². The minimum atomic E-state index is -3.61. The van der Waals surface area contributed by atoms with Crippen molar-refractivity contribution in [2.24, 2.45) is 7.05 Å². The highest BCUT2D eigenvalue weighted by Crippen LogP contribution is 2.19. The molecule has 0 spiro atoms. The molecule has 1 amide bonds. The van der Waals surface area contributed by atoms with Gasteiger partial charge in [-0.15, -0.1) is 0 Å². The molecule has 0 aliphatic carbocycles. The number of amides is 1. The summed E-state index contributed by atoms with van der Waals surface area (Å²) in [6.07, 6.45) is 3.38. The first-order chi connectivity index (χ1) is 13.9. The van der Waals surface area contributed by atoms with Crippen LogP contribution in [0.25, 0.3) is 0 Å². The van der Waals surface area contributed by atoms with E-state index in [1.807, 2.05) is 6.92 Å². The van der Waals surface area contributed by atoms with Crippen molar-refractivity contribution in [2.45, 2.75) is 18.2 Å². The highest BCUT2D eigenvalue weighted by molar-refractivity contribution is 7.89. The van der Waals surface area contributed by atoms with Gasteiger partial charge in [-0.25, -0.2) is 8.42 Å². The Morgan fingerprint density at radius 1 is 1.07 bits per heavy atom. The normalized spacial score (nSPS) is 15.7. The second-order valence-electron chi connectivity index (χ2n) is 6.68. The average Bonchev–Trinajstić information content (AvgIpc) is 3.00.